The van der Waals surface area contributed by atoms with E-state index >= 15 is 0 Å². The summed E-state index contributed by atoms with van der Waals surface area (Å²) in [6, 6.07) is -0.243. The Balaban J connectivity index is 2.47. The molecule has 1 saturated heterocycles. The Morgan fingerprint density at radius 3 is 2.60 bits per heavy atom. The molecule has 3 nitrogen and oxygen atoms in total. The number of amides is 2. The first-order chi connectivity index (χ1) is 4.84. The van der Waals surface area contributed by atoms with Crippen molar-refractivity contribution < 1.29 is 4.79 Å². The van der Waals surface area contributed by atoms with Gasteiger partial charge in [0.15, 0.2) is 0 Å². The van der Waals surface area contributed by atoms with Crippen molar-refractivity contribution in [3.05, 3.63) is 0 Å². The van der Waals surface area contributed by atoms with E-state index in [9.17, 15) is 4.79 Å². The molecule has 1 aliphatic heterocycles. The highest BCUT2D eigenvalue weighted by molar-refractivity contribution is 7.78. The van der Waals surface area contributed by atoms with Crippen LogP contribution in [0.1, 0.15) is 12.8 Å². The molecule has 2 amide bonds. The van der Waals surface area contributed by atoms with Gasteiger partial charge in [-0.1, -0.05) is 0 Å². The summed E-state index contributed by atoms with van der Waals surface area (Å²) in [5.74, 6) is 0. The van der Waals surface area contributed by atoms with Crippen LogP contribution in [0.3, 0.4) is 0 Å². The fraction of sp³-hybridized carbons (Fsp3) is 0.667. The molecule has 0 saturated carbocycles. The Kier molecular flexibility index (Phi) is 2.54. The summed E-state index contributed by atoms with van der Waals surface area (Å²) in [7, 11) is 0. The minimum atomic E-state index is -0.243. The van der Waals surface area contributed by atoms with Crippen LogP contribution in [0.25, 0.3) is 0 Å². The molecular formula is C6H8N2OS. The third-order valence-corrected chi connectivity index (χ3v) is 1.61. The summed E-state index contributed by atoms with van der Waals surface area (Å²) < 4.78 is 0. The average molecular weight is 156 g/mol. The van der Waals surface area contributed by atoms with Crippen molar-refractivity contribution in [1.82, 2.24) is 4.90 Å². The zero-order valence-corrected chi connectivity index (χ0v) is 6.36. The van der Waals surface area contributed by atoms with Crippen molar-refractivity contribution in [2.75, 3.05) is 13.1 Å². The summed E-state index contributed by atoms with van der Waals surface area (Å²) in [4.78, 5) is 15.9. The van der Waals surface area contributed by atoms with Crippen LogP contribution in [-0.4, -0.2) is 29.2 Å². The Bertz CT molecular complexity index is 180. The van der Waals surface area contributed by atoms with E-state index in [1.54, 1.807) is 4.90 Å². The number of rotatable bonds is 0. The lowest BCUT2D eigenvalue weighted by Crippen LogP contribution is -2.23. The minimum Gasteiger partial charge on any atom is -0.322 e. The van der Waals surface area contributed by atoms with Crippen molar-refractivity contribution in [2.24, 2.45) is 4.99 Å². The maximum absolute atomic E-state index is 10.9. The zero-order valence-electron chi connectivity index (χ0n) is 5.54. The second-order valence-corrected chi connectivity index (χ2v) is 2.36. The maximum atomic E-state index is 10.9. The molecule has 0 aromatic carbocycles. The lowest BCUT2D eigenvalue weighted by molar-refractivity contribution is 0.219. The number of likely N-dealkylation sites (tertiary alicyclic amines) is 1. The topological polar surface area (TPSA) is 32.7 Å². The number of thiocarbonyl (C=S) groups is 1. The maximum Gasteiger partial charge on any atom is 0.352 e. The number of carbonyl (C=O) groups is 1. The van der Waals surface area contributed by atoms with Crippen molar-refractivity contribution >= 4 is 23.4 Å². The second kappa shape index (κ2) is 3.44. The van der Waals surface area contributed by atoms with E-state index < -0.39 is 0 Å². The van der Waals surface area contributed by atoms with Crippen LogP contribution in [0, 0.1) is 0 Å². The SMILES string of the molecule is O=C(N=C=S)N1CCCC1. The summed E-state index contributed by atoms with van der Waals surface area (Å²) in [5, 5.41) is 2.06. The van der Waals surface area contributed by atoms with Gasteiger partial charge in [0.25, 0.3) is 0 Å². The number of carbonyl (C=O) groups excluding carboxylic acids is 1. The van der Waals surface area contributed by atoms with E-state index in [0.717, 1.165) is 25.9 Å². The van der Waals surface area contributed by atoms with Crippen LogP contribution in [0.15, 0.2) is 4.99 Å². The van der Waals surface area contributed by atoms with Gasteiger partial charge in [0.2, 0.25) is 0 Å². The third-order valence-electron chi connectivity index (χ3n) is 1.52. The molecule has 0 atom stereocenters. The number of hydrogen-bond donors (Lipinski definition) is 0. The largest absolute Gasteiger partial charge is 0.352 e. The molecule has 0 radical (unpaired) electrons. The molecule has 0 N–H and O–H groups in total. The highest BCUT2D eigenvalue weighted by Crippen LogP contribution is 2.07. The predicted molar refractivity (Wildman–Crippen MR) is 41.2 cm³/mol. The Hall–Kier alpha value is -0.730. The number of urea groups is 1. The molecule has 1 aliphatic rings. The van der Waals surface area contributed by atoms with Gasteiger partial charge in [0.1, 0.15) is 0 Å². The fourth-order valence-electron chi connectivity index (χ4n) is 1.02. The molecule has 0 aromatic rings. The van der Waals surface area contributed by atoms with Crippen molar-refractivity contribution in [3.63, 3.8) is 0 Å². The lowest BCUT2D eigenvalue weighted by Gasteiger charge is -2.08. The molecule has 4 heteroatoms. The molecule has 1 rings (SSSR count). The normalized spacial score (nSPS) is 16.6. The van der Waals surface area contributed by atoms with Gasteiger partial charge in [-0.2, -0.15) is 0 Å². The minimum absolute atomic E-state index is 0.243. The smallest absolute Gasteiger partial charge is 0.322 e. The monoisotopic (exact) mass is 156 g/mol. The molecule has 54 valence electrons. The number of aliphatic imine (C=N–C) groups is 1. The lowest BCUT2D eigenvalue weighted by atomic mass is 10.4. The molecule has 0 aromatic heterocycles. The number of hydrogen-bond acceptors (Lipinski definition) is 2. The van der Waals surface area contributed by atoms with Crippen molar-refractivity contribution in [2.45, 2.75) is 12.8 Å². The summed E-state index contributed by atoms with van der Waals surface area (Å²) in [6.45, 7) is 1.64. The predicted octanol–water partition coefficient (Wildman–Crippen LogP) is 1.31. The first kappa shape index (κ1) is 7.38. The van der Waals surface area contributed by atoms with E-state index in [2.05, 4.69) is 22.4 Å². The Morgan fingerprint density at radius 2 is 2.10 bits per heavy atom. The highest BCUT2D eigenvalue weighted by Gasteiger charge is 2.15. The van der Waals surface area contributed by atoms with E-state index in [4.69, 9.17) is 0 Å². The van der Waals surface area contributed by atoms with Gasteiger partial charge in [-0.15, -0.1) is 4.99 Å². The number of isothiocyanates is 1. The first-order valence-electron chi connectivity index (χ1n) is 3.21. The standard InChI is InChI=1S/C6H8N2OS/c9-6(7-5-10)8-3-1-2-4-8/h1-4H2. The van der Waals surface area contributed by atoms with Crippen LogP contribution in [0.2, 0.25) is 0 Å². The molecule has 0 aliphatic carbocycles. The van der Waals surface area contributed by atoms with Crippen LogP contribution in [0.5, 0.6) is 0 Å². The Labute approximate surface area is 64.7 Å². The van der Waals surface area contributed by atoms with Crippen LogP contribution >= 0.6 is 12.2 Å². The van der Waals surface area contributed by atoms with Crippen LogP contribution < -0.4 is 0 Å². The van der Waals surface area contributed by atoms with Gasteiger partial charge in [0.05, 0.1) is 5.16 Å². The quantitative estimate of drug-likeness (QED) is 0.391. The second-order valence-electron chi connectivity index (χ2n) is 2.18. The van der Waals surface area contributed by atoms with E-state index in [-0.39, 0.29) is 6.03 Å². The van der Waals surface area contributed by atoms with Gasteiger partial charge in [-0.25, -0.2) is 4.79 Å². The van der Waals surface area contributed by atoms with Crippen molar-refractivity contribution in [3.8, 4) is 0 Å². The Morgan fingerprint density at radius 1 is 1.50 bits per heavy atom. The van der Waals surface area contributed by atoms with Crippen LogP contribution in [0.4, 0.5) is 4.79 Å². The molecule has 1 heterocycles. The zero-order chi connectivity index (χ0) is 7.40. The van der Waals surface area contributed by atoms with Gasteiger partial charge in [-0.05, 0) is 25.1 Å². The fourth-order valence-corrected chi connectivity index (χ4v) is 1.10. The van der Waals surface area contributed by atoms with Gasteiger partial charge in [-0.3, -0.25) is 0 Å². The van der Waals surface area contributed by atoms with Gasteiger partial charge >= 0.3 is 6.03 Å². The average Bonchev–Trinajstić information content (AvgIpc) is 2.38. The number of nitrogens with zero attached hydrogens (tertiary/aromatic N) is 2. The molecule has 0 unspecified atom stereocenters. The van der Waals surface area contributed by atoms with Gasteiger partial charge < -0.3 is 4.90 Å². The molecule has 0 bridgehead atoms. The van der Waals surface area contributed by atoms with E-state index in [1.165, 1.54) is 0 Å². The van der Waals surface area contributed by atoms with Gasteiger partial charge in [0, 0.05) is 13.1 Å². The summed E-state index contributed by atoms with van der Waals surface area (Å²) in [5.41, 5.74) is 0. The van der Waals surface area contributed by atoms with Crippen molar-refractivity contribution in [1.29, 1.82) is 0 Å². The summed E-state index contributed by atoms with van der Waals surface area (Å²) >= 11 is 4.30. The van der Waals surface area contributed by atoms with Crippen LogP contribution in [-0.2, 0) is 0 Å². The van der Waals surface area contributed by atoms with E-state index in [0.29, 0.717) is 0 Å². The summed E-state index contributed by atoms with van der Waals surface area (Å²) in [6.07, 6.45) is 2.16. The first-order valence-corrected chi connectivity index (χ1v) is 3.62. The molecule has 10 heavy (non-hydrogen) atoms. The molecule has 0 spiro atoms. The highest BCUT2D eigenvalue weighted by atomic mass is 32.1. The van der Waals surface area contributed by atoms with E-state index in [1.807, 2.05) is 0 Å². The molecular weight excluding hydrogens is 148 g/mol. The molecule has 1 fully saturated rings. The third kappa shape index (κ3) is 1.62.